The number of para-hydroxylation sites is 2. The third kappa shape index (κ3) is 3.98. The number of anilines is 2. The van der Waals surface area contributed by atoms with Crippen molar-refractivity contribution in [2.45, 2.75) is 12.8 Å². The van der Waals surface area contributed by atoms with Crippen LogP contribution in [0.25, 0.3) is 0 Å². The molecule has 0 aromatic heterocycles. The molecule has 0 saturated carbocycles. The molecule has 2 heterocycles. The van der Waals surface area contributed by atoms with Gasteiger partial charge in [0.15, 0.2) is 0 Å². The first-order valence-electron chi connectivity index (χ1n) is 9.67. The Morgan fingerprint density at radius 1 is 1.07 bits per heavy atom. The van der Waals surface area contributed by atoms with Crippen molar-refractivity contribution in [3.8, 4) is 0 Å². The van der Waals surface area contributed by atoms with Crippen LogP contribution < -0.4 is 14.5 Å². The minimum absolute atomic E-state index is 0.0237. The molecule has 29 heavy (non-hydrogen) atoms. The molecule has 0 bridgehead atoms. The van der Waals surface area contributed by atoms with Crippen molar-refractivity contribution in [2.24, 2.45) is 5.92 Å². The van der Waals surface area contributed by atoms with Crippen LogP contribution in [0.2, 0.25) is 0 Å². The number of fused-ring (bicyclic) bond motifs is 1. The lowest BCUT2D eigenvalue weighted by Crippen LogP contribution is -2.39. The first-order chi connectivity index (χ1) is 14.0. The van der Waals surface area contributed by atoms with Gasteiger partial charge in [-0.1, -0.05) is 36.4 Å². The third-order valence-corrected chi connectivity index (χ3v) is 7.17. The Kier molecular flexibility index (Phi) is 5.27. The van der Waals surface area contributed by atoms with Crippen molar-refractivity contribution >= 4 is 33.2 Å². The van der Waals surface area contributed by atoms with Crippen LogP contribution in [-0.2, 0) is 26.0 Å². The highest BCUT2D eigenvalue weighted by molar-refractivity contribution is 7.92. The first-order valence-corrected chi connectivity index (χ1v) is 11.3. The topological polar surface area (TPSA) is 86.8 Å². The molecule has 8 heteroatoms. The zero-order chi connectivity index (χ0) is 20.4. The summed E-state index contributed by atoms with van der Waals surface area (Å²) in [5.74, 6) is -1.03. The van der Waals surface area contributed by atoms with Crippen LogP contribution in [0.5, 0.6) is 0 Å². The van der Waals surface area contributed by atoms with Crippen molar-refractivity contribution < 1.29 is 18.0 Å². The predicted octanol–water partition coefficient (Wildman–Crippen LogP) is 1.55. The van der Waals surface area contributed by atoms with Crippen LogP contribution in [0.15, 0.2) is 54.6 Å². The second kappa shape index (κ2) is 7.87. The fourth-order valence-electron chi connectivity index (χ4n) is 3.90. The number of carbonyl (C=O) groups excluding carboxylic acids is 2. The highest BCUT2D eigenvalue weighted by atomic mass is 32.2. The van der Waals surface area contributed by atoms with Gasteiger partial charge in [0.2, 0.25) is 21.8 Å². The highest BCUT2D eigenvalue weighted by Gasteiger charge is 2.35. The lowest BCUT2D eigenvalue weighted by atomic mass is 10.1. The Morgan fingerprint density at radius 2 is 1.79 bits per heavy atom. The van der Waals surface area contributed by atoms with Gasteiger partial charge in [-0.2, -0.15) is 0 Å². The fraction of sp³-hybridized carbons (Fsp3) is 0.333. The average Bonchev–Trinajstić information content (AvgIpc) is 3.32. The number of amides is 2. The number of hydrogen-bond donors (Lipinski definition) is 1. The molecule has 1 atom stereocenters. The molecule has 1 unspecified atom stereocenters. The van der Waals surface area contributed by atoms with Gasteiger partial charge in [-0.05, 0) is 30.2 Å². The van der Waals surface area contributed by atoms with E-state index in [1.807, 2.05) is 48.5 Å². The SMILES string of the molecule is O=C(NCCS(=O)(=O)N1CCc2ccccc21)C1CC(=O)N(c2ccccc2)C1. The summed E-state index contributed by atoms with van der Waals surface area (Å²) >= 11 is 0. The molecule has 2 aliphatic rings. The van der Waals surface area contributed by atoms with Crippen LogP contribution in [0.1, 0.15) is 12.0 Å². The minimum Gasteiger partial charge on any atom is -0.355 e. The summed E-state index contributed by atoms with van der Waals surface area (Å²) in [5.41, 5.74) is 2.51. The number of carbonyl (C=O) groups is 2. The van der Waals surface area contributed by atoms with Crippen molar-refractivity contribution in [1.29, 1.82) is 0 Å². The minimum atomic E-state index is -3.52. The molecule has 4 rings (SSSR count). The van der Waals surface area contributed by atoms with Gasteiger partial charge < -0.3 is 10.2 Å². The van der Waals surface area contributed by atoms with Crippen LogP contribution in [0, 0.1) is 5.92 Å². The summed E-state index contributed by atoms with van der Waals surface area (Å²) in [4.78, 5) is 26.3. The largest absolute Gasteiger partial charge is 0.355 e. The van der Waals surface area contributed by atoms with Crippen molar-refractivity contribution in [2.75, 3.05) is 34.6 Å². The Balaban J connectivity index is 1.32. The number of hydrogen-bond acceptors (Lipinski definition) is 4. The first kappa shape index (κ1) is 19.4. The van der Waals surface area contributed by atoms with Gasteiger partial charge in [0.05, 0.1) is 17.4 Å². The number of rotatable bonds is 6. The molecule has 152 valence electrons. The van der Waals surface area contributed by atoms with Crippen LogP contribution >= 0.6 is 0 Å². The second-order valence-electron chi connectivity index (χ2n) is 7.30. The van der Waals surface area contributed by atoms with Gasteiger partial charge in [-0.3, -0.25) is 13.9 Å². The molecular weight excluding hydrogens is 390 g/mol. The van der Waals surface area contributed by atoms with Crippen LogP contribution in [0.3, 0.4) is 0 Å². The zero-order valence-electron chi connectivity index (χ0n) is 16.0. The van der Waals surface area contributed by atoms with Crippen LogP contribution in [0.4, 0.5) is 11.4 Å². The van der Waals surface area contributed by atoms with Gasteiger partial charge >= 0.3 is 0 Å². The average molecular weight is 413 g/mol. The van der Waals surface area contributed by atoms with E-state index in [9.17, 15) is 18.0 Å². The normalized spacial score (nSPS) is 18.8. The van der Waals surface area contributed by atoms with E-state index in [2.05, 4.69) is 5.32 Å². The Bertz CT molecular complexity index is 1020. The second-order valence-corrected chi connectivity index (χ2v) is 9.31. The molecule has 2 aromatic carbocycles. The van der Waals surface area contributed by atoms with E-state index in [0.29, 0.717) is 19.5 Å². The number of benzene rings is 2. The van der Waals surface area contributed by atoms with E-state index in [1.165, 1.54) is 4.31 Å². The lowest BCUT2D eigenvalue weighted by molar-refractivity contribution is -0.126. The van der Waals surface area contributed by atoms with Crippen molar-refractivity contribution in [3.05, 3.63) is 60.2 Å². The maximum absolute atomic E-state index is 12.7. The number of nitrogens with one attached hydrogen (secondary N) is 1. The summed E-state index contributed by atoms with van der Waals surface area (Å²) in [6.07, 6.45) is 0.828. The number of nitrogens with zero attached hydrogens (tertiary/aromatic N) is 2. The van der Waals surface area contributed by atoms with Crippen molar-refractivity contribution in [1.82, 2.24) is 5.32 Å². The van der Waals surface area contributed by atoms with Gasteiger partial charge in [0.1, 0.15) is 0 Å². The monoisotopic (exact) mass is 413 g/mol. The third-order valence-electron chi connectivity index (χ3n) is 5.40. The zero-order valence-corrected chi connectivity index (χ0v) is 16.8. The maximum atomic E-state index is 12.7. The number of sulfonamides is 1. The molecule has 0 spiro atoms. The summed E-state index contributed by atoms with van der Waals surface area (Å²) in [5, 5.41) is 2.70. The standard InChI is InChI=1S/C21H23N3O4S/c25-20-14-17(15-23(20)18-7-2-1-3-8-18)21(26)22-11-13-29(27,28)24-12-10-16-6-4-5-9-19(16)24/h1-9,17H,10-15H2,(H,22,26). The van der Waals surface area contributed by atoms with E-state index in [0.717, 1.165) is 16.9 Å². The van der Waals surface area contributed by atoms with E-state index in [-0.39, 0.29) is 30.5 Å². The smallest absolute Gasteiger partial charge is 0.236 e. The summed E-state index contributed by atoms with van der Waals surface area (Å²) in [7, 11) is -3.52. The Hall–Kier alpha value is -2.87. The molecule has 0 aliphatic carbocycles. The Morgan fingerprint density at radius 3 is 2.59 bits per heavy atom. The molecule has 2 aromatic rings. The van der Waals surface area contributed by atoms with Gasteiger partial charge in [-0.15, -0.1) is 0 Å². The van der Waals surface area contributed by atoms with E-state index in [4.69, 9.17) is 0 Å². The molecular formula is C21H23N3O4S. The molecule has 1 N–H and O–H groups in total. The summed E-state index contributed by atoms with van der Waals surface area (Å²) in [6.45, 7) is 0.760. The summed E-state index contributed by atoms with van der Waals surface area (Å²) in [6, 6.07) is 16.7. The van der Waals surface area contributed by atoms with E-state index < -0.39 is 15.9 Å². The fourth-order valence-corrected chi connectivity index (χ4v) is 5.32. The quantitative estimate of drug-likeness (QED) is 0.779. The highest BCUT2D eigenvalue weighted by Crippen LogP contribution is 2.30. The molecule has 2 amide bonds. The molecule has 7 nitrogen and oxygen atoms in total. The molecule has 1 fully saturated rings. The van der Waals surface area contributed by atoms with E-state index in [1.54, 1.807) is 11.0 Å². The van der Waals surface area contributed by atoms with Crippen molar-refractivity contribution in [3.63, 3.8) is 0 Å². The predicted molar refractivity (Wildman–Crippen MR) is 111 cm³/mol. The maximum Gasteiger partial charge on any atom is 0.236 e. The van der Waals surface area contributed by atoms with E-state index >= 15 is 0 Å². The molecule has 2 aliphatic heterocycles. The van der Waals surface area contributed by atoms with Gasteiger partial charge in [-0.25, -0.2) is 8.42 Å². The van der Waals surface area contributed by atoms with Crippen LogP contribution in [-0.4, -0.2) is 45.6 Å². The summed E-state index contributed by atoms with van der Waals surface area (Å²) < 4.78 is 26.8. The van der Waals surface area contributed by atoms with Gasteiger partial charge in [0, 0.05) is 31.7 Å². The molecule has 1 saturated heterocycles. The Labute approximate surface area is 170 Å². The molecule has 0 radical (unpaired) electrons. The van der Waals surface area contributed by atoms with Gasteiger partial charge in [0.25, 0.3) is 0 Å². The lowest BCUT2D eigenvalue weighted by Gasteiger charge is -2.20.